The van der Waals surface area contributed by atoms with E-state index in [2.05, 4.69) is 136 Å². The van der Waals surface area contributed by atoms with E-state index in [0.717, 1.165) is 100 Å². The summed E-state index contributed by atoms with van der Waals surface area (Å²) in [5.74, 6) is 1.41. The molecule has 0 unspecified atom stereocenters. The average molecular weight is 878 g/mol. The largest absolute Gasteiger partial charge is 0.451 e. The number of amides is 3. The minimum absolute atomic E-state index is 0.0959. The minimum Gasteiger partial charge on any atom is -0.450 e. The number of aromatic nitrogens is 4. The maximum Gasteiger partial charge on any atom is 0.451 e. The number of aromatic amines is 2. The third-order valence-corrected chi connectivity index (χ3v) is 15.6. The first-order valence-corrected chi connectivity index (χ1v) is 25.9. The Balaban J connectivity index is 0.953. The second-order valence-electron chi connectivity index (χ2n) is 18.1. The van der Waals surface area contributed by atoms with Crippen molar-refractivity contribution in [1.29, 1.82) is 0 Å². The fourth-order valence-corrected chi connectivity index (χ4v) is 12.3. The van der Waals surface area contributed by atoms with E-state index in [1.54, 1.807) is 0 Å². The molecule has 64 heavy (non-hydrogen) atoms. The zero-order valence-corrected chi connectivity index (χ0v) is 38.9. The Labute approximate surface area is 376 Å². The molecule has 2 aliphatic heterocycles. The number of hydrogen-bond donors (Lipinski definition) is 2. The van der Waals surface area contributed by atoms with Crippen LogP contribution in [0, 0.1) is 5.92 Å². The first-order chi connectivity index (χ1) is 30.9. The number of imidazole rings is 2. The molecule has 13 nitrogen and oxygen atoms in total. The van der Waals surface area contributed by atoms with Crippen LogP contribution in [0.15, 0.2) is 113 Å². The van der Waals surface area contributed by atoms with Gasteiger partial charge < -0.3 is 24.5 Å². The predicted molar refractivity (Wildman–Crippen MR) is 253 cm³/mol. The Morgan fingerprint density at radius 2 is 1.45 bits per heavy atom. The summed E-state index contributed by atoms with van der Waals surface area (Å²) in [7, 11) is -0.535. The van der Waals surface area contributed by atoms with Gasteiger partial charge in [0.25, 0.3) is 0 Å². The Kier molecular flexibility index (Phi) is 13.1. The smallest absolute Gasteiger partial charge is 0.450 e. The van der Waals surface area contributed by atoms with Crippen LogP contribution in [0.1, 0.15) is 75.9 Å². The highest BCUT2D eigenvalue weighted by atomic mass is 28.3. The molecule has 0 spiro atoms. The minimum atomic E-state index is -1.77. The molecule has 0 saturated carbocycles. The summed E-state index contributed by atoms with van der Waals surface area (Å²) in [6, 6.07) is 32.9. The molecular weight excluding hydrogens is 819 g/mol. The van der Waals surface area contributed by atoms with Crippen LogP contribution in [0.3, 0.4) is 0 Å². The van der Waals surface area contributed by atoms with Crippen molar-refractivity contribution in [3.05, 3.63) is 120 Å². The van der Waals surface area contributed by atoms with Crippen molar-refractivity contribution >= 4 is 37.0 Å². The summed E-state index contributed by atoms with van der Waals surface area (Å²) in [6.07, 6.45) is 3.55. The molecule has 2 saturated heterocycles. The van der Waals surface area contributed by atoms with E-state index >= 15 is 0 Å². The molecular formula is C50H59N9O4Si. The van der Waals surface area contributed by atoms with Crippen molar-refractivity contribution in [1.82, 2.24) is 34.6 Å². The van der Waals surface area contributed by atoms with Gasteiger partial charge in [-0.05, 0) is 83.4 Å². The monoisotopic (exact) mass is 877 g/mol. The van der Waals surface area contributed by atoms with Gasteiger partial charge in [0.05, 0.1) is 50.2 Å². The van der Waals surface area contributed by atoms with Gasteiger partial charge in [-0.1, -0.05) is 131 Å². The molecule has 2 aromatic heterocycles. The van der Waals surface area contributed by atoms with Crippen LogP contribution in [0.5, 0.6) is 0 Å². The molecule has 4 atom stereocenters. The molecule has 2 N–H and O–H groups in total. The predicted octanol–water partition coefficient (Wildman–Crippen LogP) is 10.4. The fourth-order valence-electron chi connectivity index (χ4n) is 9.45. The number of hydrogen-bond acceptors (Lipinski definition) is 8. The molecule has 4 aromatic carbocycles. The van der Waals surface area contributed by atoms with E-state index in [1.165, 1.54) is 7.11 Å². The Hall–Kier alpha value is -6.25. The van der Waals surface area contributed by atoms with Gasteiger partial charge in [0.15, 0.2) is 6.04 Å². The third-order valence-electron chi connectivity index (χ3n) is 12.9. The Bertz CT molecular complexity index is 2620. The second-order valence-corrected chi connectivity index (χ2v) is 23.2. The molecule has 0 bridgehead atoms. The van der Waals surface area contributed by atoms with Crippen LogP contribution in [-0.2, 0) is 14.3 Å². The summed E-state index contributed by atoms with van der Waals surface area (Å²) in [4.78, 5) is 63.1. The number of azo groups is 1. The summed E-state index contributed by atoms with van der Waals surface area (Å²) < 4.78 is 4.63. The first kappa shape index (κ1) is 44.4. The highest BCUT2D eigenvalue weighted by Gasteiger charge is 2.46. The number of nitrogens with zero attached hydrogens (tertiary/aromatic N) is 7. The molecule has 8 rings (SSSR count). The summed E-state index contributed by atoms with van der Waals surface area (Å²) >= 11 is 0. The van der Waals surface area contributed by atoms with Gasteiger partial charge in [-0.15, -0.1) is 0 Å². The number of likely N-dealkylation sites (tertiary alicyclic amines) is 1. The van der Waals surface area contributed by atoms with Gasteiger partial charge >= 0.3 is 6.09 Å². The van der Waals surface area contributed by atoms with E-state index in [4.69, 9.17) is 9.97 Å². The molecule has 0 radical (unpaired) electrons. The summed E-state index contributed by atoms with van der Waals surface area (Å²) in [6.45, 7) is 14.9. The van der Waals surface area contributed by atoms with Crippen molar-refractivity contribution < 1.29 is 19.1 Å². The van der Waals surface area contributed by atoms with Gasteiger partial charge in [0, 0.05) is 12.7 Å². The third kappa shape index (κ3) is 9.20. The number of carbonyl (C=O) groups is 3. The van der Waals surface area contributed by atoms with Gasteiger partial charge in [-0.25, -0.2) is 14.8 Å². The van der Waals surface area contributed by atoms with Crippen LogP contribution in [-0.4, -0.2) is 99.6 Å². The van der Waals surface area contributed by atoms with E-state index in [9.17, 15) is 14.4 Å². The molecule has 2 fully saturated rings. The van der Waals surface area contributed by atoms with Crippen LogP contribution in [0.4, 0.5) is 4.79 Å². The van der Waals surface area contributed by atoms with Gasteiger partial charge in [0.2, 0.25) is 11.8 Å². The fraction of sp³-hybridized carbons (Fsp3) is 0.380. The molecule has 4 heterocycles. The number of H-pyrrole nitrogens is 2. The normalized spacial score (nSPS) is 18.4. The molecule has 6 aromatic rings. The van der Waals surface area contributed by atoms with E-state index in [0.29, 0.717) is 6.17 Å². The van der Waals surface area contributed by atoms with Crippen LogP contribution in [0.25, 0.3) is 44.5 Å². The number of carbonyl (C=O) groups excluding carboxylic acids is 3. The lowest BCUT2D eigenvalue weighted by molar-refractivity contribution is -0.138. The van der Waals surface area contributed by atoms with Crippen molar-refractivity contribution in [3.8, 4) is 33.5 Å². The number of benzene rings is 4. The maximum atomic E-state index is 14.3. The number of nitrogens with one attached hydrogen (secondary N) is 2. The summed E-state index contributed by atoms with van der Waals surface area (Å²) in [5.41, 5.74) is 9.06. The van der Waals surface area contributed by atoms with Crippen molar-refractivity contribution in [2.24, 2.45) is 16.1 Å². The molecule has 14 heteroatoms. The SMILES string of the molecule is CCN(CC)[C@@H](C(=O)N1CCC[C@H]1c1ncc(-c2ccc(-c3ccc(-c4ccc5[nH]c([C@@H]6C[Si](C)(C)CN6C(=O)[C@@H](N=NC(=O)OC)C(C)C)nc5c4)cc3)cc2)[nH]1)c1ccccc1. The Morgan fingerprint density at radius 1 is 0.812 bits per heavy atom. The van der Waals surface area contributed by atoms with E-state index in [-0.39, 0.29) is 35.9 Å². The average Bonchev–Trinajstić information content (AvgIpc) is 4.14. The summed E-state index contributed by atoms with van der Waals surface area (Å²) in [5, 5.41) is 7.74. The number of likely N-dealkylation sites (N-methyl/N-ethyl adjacent to an activating group) is 1. The van der Waals surface area contributed by atoms with Crippen LogP contribution < -0.4 is 0 Å². The molecule has 0 aliphatic carbocycles. The zero-order valence-electron chi connectivity index (χ0n) is 37.9. The maximum absolute atomic E-state index is 14.3. The quantitative estimate of drug-likeness (QED) is 0.0865. The van der Waals surface area contributed by atoms with E-state index < -0.39 is 20.2 Å². The van der Waals surface area contributed by atoms with Crippen molar-refractivity contribution in [2.75, 3.05) is 32.9 Å². The molecule has 332 valence electrons. The lowest BCUT2D eigenvalue weighted by Gasteiger charge is -2.34. The second kappa shape index (κ2) is 18.8. The van der Waals surface area contributed by atoms with Gasteiger partial charge in [-0.3, -0.25) is 14.5 Å². The Morgan fingerprint density at radius 3 is 2.09 bits per heavy atom. The lowest BCUT2D eigenvalue weighted by Crippen LogP contribution is -2.43. The molecule has 3 amide bonds. The number of methoxy groups -OCH3 is 1. The van der Waals surface area contributed by atoms with Gasteiger partial charge in [0.1, 0.15) is 17.7 Å². The molecule has 2 aliphatic rings. The number of rotatable bonds is 13. The highest BCUT2D eigenvalue weighted by molar-refractivity contribution is 6.78. The van der Waals surface area contributed by atoms with Gasteiger partial charge in [-0.2, -0.15) is 5.11 Å². The topological polar surface area (TPSA) is 152 Å². The lowest BCUT2D eigenvalue weighted by atomic mass is 9.99. The standard InChI is InChI=1S/C50H59N9O4Si/c1-8-57(9-2)45(37-14-11-10-12-15-37)49(61)58-27-13-16-42(58)46-51-29-41(54-46)36-23-21-34(22-24-36)33-17-19-35(20-18-33)38-25-26-39-40(28-38)53-47(52-39)43-30-64(6,7)31-59(43)48(60)44(32(3)4)55-56-50(62)63-5/h10-12,14-15,17-26,28-29,32,42-45H,8-9,13,16,27,30-31H2,1-7H3,(H,51,54)(H,52,53)/t42-,43-,44-,45+/m0/s1. The van der Waals surface area contributed by atoms with E-state index in [1.807, 2.05) is 48.0 Å². The van der Waals surface area contributed by atoms with Crippen molar-refractivity contribution in [2.45, 2.75) is 83.8 Å². The highest BCUT2D eigenvalue weighted by Crippen LogP contribution is 2.40. The number of fused-ring (bicyclic) bond motifs is 1. The van der Waals surface area contributed by atoms with Crippen molar-refractivity contribution in [3.63, 3.8) is 0 Å². The zero-order chi connectivity index (χ0) is 45.1. The van der Waals surface area contributed by atoms with Crippen LogP contribution in [0.2, 0.25) is 19.1 Å². The number of ether oxygens (including phenoxy) is 1. The first-order valence-electron chi connectivity index (χ1n) is 22.5. The van der Waals surface area contributed by atoms with Crippen LogP contribution >= 0.6 is 0 Å².